The smallest absolute Gasteiger partial charge is 0.340 e. The number of para-hydroxylation sites is 1. The summed E-state index contributed by atoms with van der Waals surface area (Å²) in [7, 11) is 0. The molecule has 4 nitrogen and oxygen atoms in total. The zero-order valence-corrected chi connectivity index (χ0v) is 14.2. The predicted octanol–water partition coefficient (Wildman–Crippen LogP) is 4.56. The SMILES string of the molecule is CCc1cccc2c(C(=O)COC(=O)c3ccc(F)cc3Cl)c[nH]c12. The number of rotatable bonds is 5. The van der Waals surface area contributed by atoms with Crippen LogP contribution in [0.5, 0.6) is 0 Å². The van der Waals surface area contributed by atoms with E-state index in [1.807, 2.05) is 25.1 Å². The number of hydrogen-bond acceptors (Lipinski definition) is 3. The molecule has 0 saturated heterocycles. The first kappa shape index (κ1) is 17.2. The van der Waals surface area contributed by atoms with Gasteiger partial charge in [0.25, 0.3) is 0 Å². The highest BCUT2D eigenvalue weighted by molar-refractivity contribution is 6.33. The topological polar surface area (TPSA) is 59.2 Å². The maximum Gasteiger partial charge on any atom is 0.340 e. The van der Waals surface area contributed by atoms with Gasteiger partial charge in [-0.25, -0.2) is 9.18 Å². The quantitative estimate of drug-likeness (QED) is 0.536. The van der Waals surface area contributed by atoms with Crippen LogP contribution in [0.25, 0.3) is 10.9 Å². The van der Waals surface area contributed by atoms with E-state index in [2.05, 4.69) is 4.98 Å². The summed E-state index contributed by atoms with van der Waals surface area (Å²) in [6, 6.07) is 9.07. The Kier molecular flexibility index (Phi) is 4.86. The molecule has 0 bridgehead atoms. The van der Waals surface area contributed by atoms with Crippen LogP contribution in [0.1, 0.15) is 33.2 Å². The number of fused-ring (bicyclic) bond motifs is 1. The number of esters is 1. The summed E-state index contributed by atoms with van der Waals surface area (Å²) in [4.78, 5) is 27.5. The van der Waals surface area contributed by atoms with Crippen LogP contribution in [-0.4, -0.2) is 23.3 Å². The predicted molar refractivity (Wildman–Crippen MR) is 93.7 cm³/mol. The number of H-pyrrole nitrogens is 1. The number of carbonyl (C=O) groups excluding carboxylic acids is 2. The Morgan fingerprint density at radius 2 is 2.00 bits per heavy atom. The largest absolute Gasteiger partial charge is 0.454 e. The number of ketones is 1. The molecule has 0 unspecified atom stereocenters. The number of halogens is 2. The summed E-state index contributed by atoms with van der Waals surface area (Å²) in [5, 5.41) is 0.734. The first-order chi connectivity index (χ1) is 12.0. The van der Waals surface area contributed by atoms with Gasteiger partial charge in [-0.1, -0.05) is 36.7 Å². The van der Waals surface area contributed by atoms with E-state index >= 15 is 0 Å². The van der Waals surface area contributed by atoms with Gasteiger partial charge >= 0.3 is 5.97 Å². The van der Waals surface area contributed by atoms with E-state index in [1.54, 1.807) is 6.20 Å². The number of hydrogen-bond donors (Lipinski definition) is 1. The van der Waals surface area contributed by atoms with Gasteiger partial charge in [0, 0.05) is 22.7 Å². The van der Waals surface area contributed by atoms with Gasteiger partial charge in [0.1, 0.15) is 5.82 Å². The summed E-state index contributed by atoms with van der Waals surface area (Å²) in [6.07, 6.45) is 2.45. The van der Waals surface area contributed by atoms with Crippen LogP contribution in [0.15, 0.2) is 42.6 Å². The molecule has 3 aromatic rings. The lowest BCUT2D eigenvalue weighted by Gasteiger charge is -2.06. The summed E-state index contributed by atoms with van der Waals surface area (Å²) in [6.45, 7) is 1.61. The minimum absolute atomic E-state index is 0.0167. The van der Waals surface area contributed by atoms with Crippen LogP contribution < -0.4 is 0 Å². The highest BCUT2D eigenvalue weighted by atomic mass is 35.5. The third-order valence-electron chi connectivity index (χ3n) is 3.97. The van der Waals surface area contributed by atoms with Crippen molar-refractivity contribution in [3.8, 4) is 0 Å². The molecule has 3 rings (SSSR count). The average molecular weight is 360 g/mol. The fourth-order valence-corrected chi connectivity index (χ4v) is 2.93. The van der Waals surface area contributed by atoms with Crippen molar-refractivity contribution in [3.63, 3.8) is 0 Å². The Labute approximate surface area is 148 Å². The van der Waals surface area contributed by atoms with Gasteiger partial charge in [-0.15, -0.1) is 0 Å². The van der Waals surface area contributed by atoms with Crippen LogP contribution in [-0.2, 0) is 11.2 Å². The van der Waals surface area contributed by atoms with Gasteiger partial charge in [0.15, 0.2) is 6.61 Å². The highest BCUT2D eigenvalue weighted by Crippen LogP contribution is 2.23. The van der Waals surface area contributed by atoms with Crippen LogP contribution in [0.2, 0.25) is 5.02 Å². The first-order valence-electron chi connectivity index (χ1n) is 7.75. The Hall–Kier alpha value is -2.66. The van der Waals surface area contributed by atoms with E-state index in [-0.39, 0.29) is 16.4 Å². The zero-order chi connectivity index (χ0) is 18.0. The van der Waals surface area contributed by atoms with Gasteiger partial charge in [0.2, 0.25) is 5.78 Å². The van der Waals surface area contributed by atoms with Gasteiger partial charge in [-0.3, -0.25) is 4.79 Å². The van der Waals surface area contributed by atoms with Gasteiger partial charge in [-0.05, 0) is 30.2 Å². The number of aryl methyl sites for hydroxylation is 1. The monoisotopic (exact) mass is 359 g/mol. The number of carbonyl (C=O) groups is 2. The lowest BCUT2D eigenvalue weighted by atomic mass is 10.1. The molecule has 1 heterocycles. The van der Waals surface area contributed by atoms with Crippen molar-refractivity contribution in [3.05, 3.63) is 70.1 Å². The molecule has 0 amide bonds. The molecule has 128 valence electrons. The summed E-state index contributed by atoms with van der Waals surface area (Å²) in [5.74, 6) is -1.65. The molecule has 2 aromatic carbocycles. The second-order valence-electron chi connectivity index (χ2n) is 5.52. The number of aromatic nitrogens is 1. The van der Waals surface area contributed by atoms with E-state index < -0.39 is 18.4 Å². The lowest BCUT2D eigenvalue weighted by Crippen LogP contribution is -2.14. The van der Waals surface area contributed by atoms with E-state index in [0.717, 1.165) is 35.0 Å². The minimum Gasteiger partial charge on any atom is -0.454 e. The van der Waals surface area contributed by atoms with Gasteiger partial charge in [-0.2, -0.15) is 0 Å². The molecular formula is C19H15ClFNO3. The summed E-state index contributed by atoms with van der Waals surface area (Å²) >= 11 is 5.82. The van der Waals surface area contributed by atoms with E-state index in [9.17, 15) is 14.0 Å². The molecule has 0 spiro atoms. The second kappa shape index (κ2) is 7.07. The maximum atomic E-state index is 13.0. The fraction of sp³-hybridized carbons (Fsp3) is 0.158. The summed E-state index contributed by atoms with van der Waals surface area (Å²) < 4.78 is 18.1. The fourth-order valence-electron chi connectivity index (χ4n) is 2.68. The zero-order valence-electron chi connectivity index (χ0n) is 13.4. The molecular weight excluding hydrogens is 345 g/mol. The Morgan fingerprint density at radius 3 is 2.72 bits per heavy atom. The first-order valence-corrected chi connectivity index (χ1v) is 8.13. The van der Waals surface area contributed by atoms with Gasteiger partial charge in [0.05, 0.1) is 10.6 Å². The molecule has 1 aromatic heterocycles. The number of aromatic amines is 1. The molecule has 0 aliphatic rings. The van der Waals surface area contributed by atoms with Crippen molar-refractivity contribution in [2.24, 2.45) is 0 Å². The molecule has 6 heteroatoms. The van der Waals surface area contributed by atoms with Crippen molar-refractivity contribution in [1.29, 1.82) is 0 Å². The second-order valence-corrected chi connectivity index (χ2v) is 5.93. The molecule has 1 N–H and O–H groups in total. The number of Topliss-reactive ketones (excluding diaryl/α,β-unsaturated/α-hetero) is 1. The standard InChI is InChI=1S/C19H15ClFNO3/c1-2-11-4-3-5-13-15(9-22-18(11)13)17(23)10-25-19(24)14-7-6-12(21)8-16(14)20/h3-9,22H,2,10H2,1H3. The third-order valence-corrected chi connectivity index (χ3v) is 4.28. The highest BCUT2D eigenvalue weighted by Gasteiger charge is 2.18. The van der Waals surface area contributed by atoms with E-state index in [0.29, 0.717) is 5.56 Å². The molecule has 0 radical (unpaired) electrons. The number of nitrogens with one attached hydrogen (secondary N) is 1. The molecule has 0 fully saturated rings. The average Bonchev–Trinajstić information content (AvgIpc) is 3.03. The number of ether oxygens (including phenoxy) is 1. The van der Waals surface area contributed by atoms with E-state index in [4.69, 9.17) is 16.3 Å². The van der Waals surface area contributed by atoms with Crippen molar-refractivity contribution in [2.45, 2.75) is 13.3 Å². The lowest BCUT2D eigenvalue weighted by molar-refractivity contribution is 0.0475. The van der Waals surface area contributed by atoms with E-state index in [1.165, 1.54) is 6.07 Å². The van der Waals surface area contributed by atoms with Crippen molar-refractivity contribution in [2.75, 3.05) is 6.61 Å². The van der Waals surface area contributed by atoms with Crippen LogP contribution in [0.3, 0.4) is 0 Å². The van der Waals surface area contributed by atoms with Crippen molar-refractivity contribution < 1.29 is 18.7 Å². The molecule has 0 aliphatic carbocycles. The maximum absolute atomic E-state index is 13.0. The van der Waals surface area contributed by atoms with Crippen LogP contribution in [0, 0.1) is 5.82 Å². The molecule has 0 aliphatic heterocycles. The molecule has 0 atom stereocenters. The number of benzene rings is 2. The Bertz CT molecular complexity index is 964. The normalized spacial score (nSPS) is 10.8. The Morgan fingerprint density at radius 1 is 1.20 bits per heavy atom. The summed E-state index contributed by atoms with van der Waals surface area (Å²) in [5.41, 5.74) is 2.49. The molecule has 0 saturated carbocycles. The molecule has 25 heavy (non-hydrogen) atoms. The third kappa shape index (κ3) is 3.42. The van der Waals surface area contributed by atoms with Crippen molar-refractivity contribution in [1.82, 2.24) is 4.98 Å². The Balaban J connectivity index is 1.76. The minimum atomic E-state index is -0.771. The van der Waals surface area contributed by atoms with Gasteiger partial charge < -0.3 is 9.72 Å². The van der Waals surface area contributed by atoms with Crippen LogP contribution in [0.4, 0.5) is 4.39 Å². The van der Waals surface area contributed by atoms with Crippen LogP contribution >= 0.6 is 11.6 Å². The van der Waals surface area contributed by atoms with Crippen molar-refractivity contribution >= 4 is 34.3 Å².